The zero-order valence-corrected chi connectivity index (χ0v) is 20.0. The van der Waals surface area contributed by atoms with Crippen molar-refractivity contribution in [1.82, 2.24) is 9.97 Å². The van der Waals surface area contributed by atoms with Gasteiger partial charge in [0, 0.05) is 38.3 Å². The fourth-order valence-corrected chi connectivity index (χ4v) is 6.01. The first kappa shape index (κ1) is 24.3. The van der Waals surface area contributed by atoms with E-state index in [1.54, 1.807) is 21.0 Å². The second kappa shape index (κ2) is 9.40. The molecule has 2 aromatic carbocycles. The molecule has 0 saturated carbocycles. The van der Waals surface area contributed by atoms with E-state index in [0.29, 0.717) is 52.6 Å². The molecule has 0 spiro atoms. The summed E-state index contributed by atoms with van der Waals surface area (Å²) in [5.41, 5.74) is 1.03. The number of nitrogens with one attached hydrogen (secondary N) is 2. The molecule has 0 bridgehead atoms. The summed E-state index contributed by atoms with van der Waals surface area (Å²) < 4.78 is 66.7. The monoisotopic (exact) mass is 492 g/mol. The highest BCUT2D eigenvalue weighted by Gasteiger charge is 2.26. The third kappa shape index (κ3) is 4.82. The number of ether oxygens (including phenoxy) is 1. The number of anilines is 1. The third-order valence-electron chi connectivity index (χ3n) is 6.30. The quantitative estimate of drug-likeness (QED) is 0.433. The van der Waals surface area contributed by atoms with Gasteiger partial charge >= 0.3 is 0 Å². The van der Waals surface area contributed by atoms with Crippen LogP contribution in [0.15, 0.2) is 30.3 Å². The lowest BCUT2D eigenvalue weighted by molar-refractivity contribution is 0.146. The van der Waals surface area contributed by atoms with Gasteiger partial charge in [-0.1, -0.05) is 18.2 Å². The molecular weight excluding hydrogens is 465 g/mol. The number of fused-ring (bicyclic) bond motifs is 1. The molecule has 1 fully saturated rings. The Labute approximate surface area is 196 Å². The van der Waals surface area contributed by atoms with Crippen molar-refractivity contribution in [3.05, 3.63) is 58.7 Å². The molecule has 10 heteroatoms. The van der Waals surface area contributed by atoms with Gasteiger partial charge in [0.15, 0.2) is 0 Å². The Morgan fingerprint density at radius 2 is 1.85 bits per heavy atom. The van der Waals surface area contributed by atoms with Crippen molar-refractivity contribution < 1.29 is 22.1 Å². The Hall–Kier alpha value is -2.88. The molecule has 1 atom stereocenters. The van der Waals surface area contributed by atoms with Gasteiger partial charge in [0.05, 0.1) is 24.2 Å². The molecule has 2 heterocycles. The van der Waals surface area contributed by atoms with Crippen LogP contribution in [-0.4, -0.2) is 32.8 Å². The number of alkyl halides is 2. The maximum Gasteiger partial charge on any atom is 0.266 e. The molecule has 1 saturated heterocycles. The molecule has 0 radical (unpaired) electrons. The highest BCUT2D eigenvalue weighted by Crippen LogP contribution is 2.39. The van der Waals surface area contributed by atoms with E-state index in [1.165, 1.54) is 12.1 Å². The minimum Gasteiger partial charge on any atom is -0.496 e. The summed E-state index contributed by atoms with van der Waals surface area (Å²) in [6.45, 7) is 3.42. The zero-order chi connectivity index (χ0) is 24.6. The maximum absolute atomic E-state index is 14.7. The molecule has 1 unspecified atom stereocenters. The van der Waals surface area contributed by atoms with E-state index in [4.69, 9.17) is 9.52 Å². The van der Waals surface area contributed by atoms with E-state index >= 15 is 0 Å². The smallest absolute Gasteiger partial charge is 0.266 e. The minimum atomic E-state index is -2.90. The van der Waals surface area contributed by atoms with Crippen LogP contribution in [0.1, 0.15) is 60.7 Å². The van der Waals surface area contributed by atoms with Gasteiger partial charge in [0.25, 0.3) is 6.43 Å². The topological polar surface area (TPSA) is 88.0 Å². The van der Waals surface area contributed by atoms with Crippen molar-refractivity contribution in [2.75, 3.05) is 23.9 Å². The largest absolute Gasteiger partial charge is 0.496 e. The van der Waals surface area contributed by atoms with Gasteiger partial charge in [-0.25, -0.2) is 27.3 Å². The zero-order valence-electron chi connectivity index (χ0n) is 19.2. The molecule has 2 N–H and O–H groups in total. The number of rotatable bonds is 6. The summed E-state index contributed by atoms with van der Waals surface area (Å²) in [5.74, 6) is 1.42. The average molecular weight is 493 g/mol. The van der Waals surface area contributed by atoms with E-state index in [0.717, 1.165) is 11.6 Å². The van der Waals surface area contributed by atoms with Crippen molar-refractivity contribution in [2.24, 2.45) is 0 Å². The first-order valence-electron chi connectivity index (χ1n) is 11.0. The number of halogens is 3. The molecule has 1 aromatic heterocycles. The van der Waals surface area contributed by atoms with Crippen LogP contribution in [0.3, 0.4) is 0 Å². The van der Waals surface area contributed by atoms with Gasteiger partial charge in [0.1, 0.15) is 23.2 Å². The Balaban J connectivity index is 1.75. The van der Waals surface area contributed by atoms with Gasteiger partial charge in [-0.15, -0.1) is 0 Å². The molecule has 1 aliphatic heterocycles. The van der Waals surface area contributed by atoms with E-state index in [2.05, 4.69) is 15.3 Å². The van der Waals surface area contributed by atoms with Crippen molar-refractivity contribution >= 4 is 26.4 Å². The summed E-state index contributed by atoms with van der Waals surface area (Å²) in [6.07, 6.45) is -1.68. The number of nitrogens with zero attached hydrogens (tertiary/aromatic N) is 2. The fraction of sp³-hybridized carbons (Fsp3) is 0.417. The maximum atomic E-state index is 14.7. The normalized spacial score (nSPS) is 21.6. The van der Waals surface area contributed by atoms with Crippen LogP contribution in [0.4, 0.5) is 19.0 Å². The molecule has 0 aliphatic carbocycles. The average Bonchev–Trinajstić information content (AvgIpc) is 2.78. The van der Waals surface area contributed by atoms with E-state index in [-0.39, 0.29) is 11.5 Å². The van der Waals surface area contributed by atoms with Crippen molar-refractivity contribution in [2.45, 2.75) is 45.1 Å². The van der Waals surface area contributed by atoms with E-state index in [9.17, 15) is 17.4 Å². The van der Waals surface area contributed by atoms with Gasteiger partial charge < -0.3 is 10.1 Å². The van der Waals surface area contributed by atoms with Crippen LogP contribution in [-0.2, 0) is 9.73 Å². The lowest BCUT2D eigenvalue weighted by Crippen LogP contribution is -2.21. The second-order valence-corrected chi connectivity index (χ2v) is 11.1. The molecule has 0 amide bonds. The first-order chi connectivity index (χ1) is 16.1. The van der Waals surface area contributed by atoms with Crippen LogP contribution in [0, 0.1) is 17.5 Å². The van der Waals surface area contributed by atoms with Gasteiger partial charge in [-0.2, -0.15) is 0 Å². The predicted octanol–water partition coefficient (Wildman–Crippen LogP) is 6.12. The Kier molecular flexibility index (Phi) is 6.71. The van der Waals surface area contributed by atoms with E-state index in [1.807, 2.05) is 12.1 Å². The van der Waals surface area contributed by atoms with Crippen LogP contribution in [0.5, 0.6) is 5.75 Å². The SMILES string of the molecule is COc1cc2nc(C)nc(NC(C)c3cccc(C(F)F)c3F)c2cc1C1CCS(=N)(=O)CC1. The molecular formula is C24H27F3N4O2S. The summed E-state index contributed by atoms with van der Waals surface area (Å²) in [7, 11) is -0.948. The Bertz CT molecular complexity index is 1320. The first-order valence-corrected chi connectivity index (χ1v) is 12.9. The molecule has 1 aliphatic rings. The number of aromatic nitrogens is 2. The van der Waals surface area contributed by atoms with Crippen molar-refractivity contribution in [3.8, 4) is 5.75 Å². The summed E-state index contributed by atoms with van der Waals surface area (Å²) in [5, 5.41) is 3.87. The second-order valence-electron chi connectivity index (χ2n) is 8.64. The highest BCUT2D eigenvalue weighted by atomic mass is 32.2. The Morgan fingerprint density at radius 3 is 2.50 bits per heavy atom. The molecule has 34 heavy (non-hydrogen) atoms. The lowest BCUT2D eigenvalue weighted by atomic mass is 9.91. The number of methoxy groups -OCH3 is 1. The number of hydrogen-bond donors (Lipinski definition) is 2. The van der Waals surface area contributed by atoms with Crippen LogP contribution in [0.2, 0.25) is 0 Å². The van der Waals surface area contributed by atoms with Crippen molar-refractivity contribution in [1.29, 1.82) is 4.78 Å². The van der Waals surface area contributed by atoms with Crippen LogP contribution >= 0.6 is 0 Å². The van der Waals surface area contributed by atoms with Gasteiger partial charge in [0.2, 0.25) is 0 Å². The predicted molar refractivity (Wildman–Crippen MR) is 127 cm³/mol. The van der Waals surface area contributed by atoms with Gasteiger partial charge in [-0.3, -0.25) is 4.78 Å². The molecule has 3 aromatic rings. The molecule has 182 valence electrons. The minimum absolute atomic E-state index is 0.0750. The lowest BCUT2D eigenvalue weighted by Gasteiger charge is -2.26. The molecule has 4 rings (SSSR count). The van der Waals surface area contributed by atoms with Crippen LogP contribution < -0.4 is 10.1 Å². The third-order valence-corrected chi connectivity index (χ3v) is 8.09. The van der Waals surface area contributed by atoms with Crippen molar-refractivity contribution in [3.63, 3.8) is 0 Å². The summed E-state index contributed by atoms with van der Waals surface area (Å²) in [6, 6.07) is 7.08. The molecule has 6 nitrogen and oxygen atoms in total. The number of aryl methyl sites for hydroxylation is 1. The standard InChI is InChI=1S/C24H27F3N4O2S/c1-13(16-5-4-6-17(22(16)25)23(26)27)29-24-19-11-18(15-7-9-34(28,32)10-8-15)21(33-3)12-20(19)30-14(2)31-24/h4-6,11-13,15,23,28H,7-10H2,1-3H3,(H,29,30,31). The number of hydrogen-bond acceptors (Lipinski definition) is 6. The number of benzene rings is 2. The highest BCUT2D eigenvalue weighted by molar-refractivity contribution is 7.92. The Morgan fingerprint density at radius 1 is 1.18 bits per heavy atom. The fourth-order valence-electron chi connectivity index (χ4n) is 4.47. The van der Waals surface area contributed by atoms with E-state index < -0.39 is 33.6 Å². The summed E-state index contributed by atoms with van der Waals surface area (Å²) >= 11 is 0. The summed E-state index contributed by atoms with van der Waals surface area (Å²) in [4.78, 5) is 9.02. The van der Waals surface area contributed by atoms with Gasteiger partial charge in [-0.05, 0) is 44.2 Å². The van der Waals surface area contributed by atoms with Crippen LogP contribution in [0.25, 0.3) is 10.9 Å².